The molecule has 3 rings (SSSR count). The van der Waals surface area contributed by atoms with Crippen LogP contribution in [0.1, 0.15) is 38.2 Å². The topological polar surface area (TPSA) is 70.7 Å². The predicted octanol–water partition coefficient (Wildman–Crippen LogP) is 3.24. The monoisotopic (exact) mass is 386 g/mol. The second kappa shape index (κ2) is 11.7. The Morgan fingerprint density at radius 1 is 1.29 bits per heavy atom. The number of nitrogens with zero attached hydrogens (tertiary/aromatic N) is 1. The molecule has 6 nitrogen and oxygen atoms in total. The summed E-state index contributed by atoms with van der Waals surface area (Å²) >= 11 is 0. The molecule has 1 aliphatic rings. The second-order valence-electron chi connectivity index (χ2n) is 7.21. The molecule has 0 amide bonds. The average Bonchev–Trinajstić information content (AvgIpc) is 3.38. The Morgan fingerprint density at radius 2 is 2.21 bits per heavy atom. The highest BCUT2D eigenvalue weighted by Crippen LogP contribution is 2.18. The maximum atomic E-state index is 5.71. The van der Waals surface area contributed by atoms with E-state index in [1.165, 1.54) is 22.9 Å². The van der Waals surface area contributed by atoms with Gasteiger partial charge < -0.3 is 25.1 Å². The van der Waals surface area contributed by atoms with Crippen LogP contribution in [-0.4, -0.2) is 56.5 Å². The molecule has 0 bridgehead atoms. The van der Waals surface area contributed by atoms with Crippen molar-refractivity contribution in [2.24, 2.45) is 4.99 Å². The number of H-pyrrole nitrogens is 1. The van der Waals surface area contributed by atoms with Crippen molar-refractivity contribution in [2.45, 2.75) is 45.1 Å². The molecule has 0 radical (unpaired) electrons. The van der Waals surface area contributed by atoms with Gasteiger partial charge in [-0.05, 0) is 50.7 Å². The number of benzene rings is 1. The van der Waals surface area contributed by atoms with Crippen molar-refractivity contribution in [3.05, 3.63) is 36.0 Å². The number of aromatic nitrogens is 1. The molecular weight excluding hydrogens is 352 g/mol. The molecule has 3 N–H and O–H groups in total. The molecule has 154 valence electrons. The van der Waals surface area contributed by atoms with E-state index < -0.39 is 0 Å². The lowest BCUT2D eigenvalue weighted by Crippen LogP contribution is -2.38. The predicted molar refractivity (Wildman–Crippen MR) is 115 cm³/mol. The molecule has 1 aliphatic heterocycles. The summed E-state index contributed by atoms with van der Waals surface area (Å²) in [5.74, 6) is 0.889. The van der Waals surface area contributed by atoms with Gasteiger partial charge in [-0.1, -0.05) is 18.2 Å². The fraction of sp³-hybridized carbons (Fsp3) is 0.591. The van der Waals surface area contributed by atoms with Crippen LogP contribution < -0.4 is 10.6 Å². The number of aryl methyl sites for hydroxylation is 1. The van der Waals surface area contributed by atoms with E-state index in [0.717, 1.165) is 71.1 Å². The van der Waals surface area contributed by atoms with E-state index in [2.05, 4.69) is 53.0 Å². The number of aliphatic imine (C=N–C) groups is 1. The Morgan fingerprint density at radius 3 is 3.07 bits per heavy atom. The summed E-state index contributed by atoms with van der Waals surface area (Å²) in [5.41, 5.74) is 2.57. The number of hydrogen-bond donors (Lipinski definition) is 3. The standard InChI is InChI=1S/C22H34N4O2/c1-2-23-22(25-13-7-14-27-17-19-9-6-15-28-19)24-12-5-8-18-16-26-21-11-4-3-10-20(18)21/h3-4,10-11,16,19,26H,2,5-9,12-15,17H2,1H3,(H2,23,24,25). The Kier molecular flexibility index (Phi) is 8.65. The minimum atomic E-state index is 0.309. The van der Waals surface area contributed by atoms with Gasteiger partial charge >= 0.3 is 0 Å². The molecule has 1 aromatic carbocycles. The van der Waals surface area contributed by atoms with Crippen molar-refractivity contribution in [3.8, 4) is 0 Å². The van der Waals surface area contributed by atoms with E-state index >= 15 is 0 Å². The molecule has 1 aromatic heterocycles. The lowest BCUT2D eigenvalue weighted by molar-refractivity contribution is 0.0168. The SMILES string of the molecule is CCNC(=NCCCc1c[nH]c2ccccc12)NCCCOCC1CCCO1. The average molecular weight is 387 g/mol. The van der Waals surface area contributed by atoms with Gasteiger partial charge in [0.1, 0.15) is 0 Å². The third-order valence-corrected chi connectivity index (χ3v) is 4.98. The van der Waals surface area contributed by atoms with Crippen LogP contribution in [0.25, 0.3) is 10.9 Å². The highest BCUT2D eigenvalue weighted by atomic mass is 16.5. The number of hydrogen-bond acceptors (Lipinski definition) is 3. The molecule has 1 unspecified atom stereocenters. The van der Waals surface area contributed by atoms with Gasteiger partial charge in [0, 0.05) is 49.9 Å². The molecule has 1 atom stereocenters. The van der Waals surface area contributed by atoms with E-state index in [1.54, 1.807) is 0 Å². The van der Waals surface area contributed by atoms with Crippen LogP contribution >= 0.6 is 0 Å². The number of guanidine groups is 1. The van der Waals surface area contributed by atoms with Crippen molar-refractivity contribution in [2.75, 3.05) is 39.5 Å². The molecule has 1 fully saturated rings. The molecule has 0 spiro atoms. The highest BCUT2D eigenvalue weighted by molar-refractivity contribution is 5.83. The maximum absolute atomic E-state index is 5.71. The van der Waals surface area contributed by atoms with Gasteiger partial charge in [0.25, 0.3) is 0 Å². The summed E-state index contributed by atoms with van der Waals surface area (Å²) in [6, 6.07) is 8.45. The molecule has 1 saturated heterocycles. The third-order valence-electron chi connectivity index (χ3n) is 4.98. The van der Waals surface area contributed by atoms with E-state index in [9.17, 15) is 0 Å². The molecule has 28 heavy (non-hydrogen) atoms. The zero-order chi connectivity index (χ0) is 19.4. The second-order valence-corrected chi connectivity index (χ2v) is 7.21. The van der Waals surface area contributed by atoms with E-state index in [0.29, 0.717) is 6.10 Å². The van der Waals surface area contributed by atoms with Crippen molar-refractivity contribution in [1.29, 1.82) is 0 Å². The molecule has 0 saturated carbocycles. The van der Waals surface area contributed by atoms with Crippen LogP contribution in [0, 0.1) is 0 Å². The van der Waals surface area contributed by atoms with Crippen LogP contribution in [0.15, 0.2) is 35.5 Å². The summed E-state index contributed by atoms with van der Waals surface area (Å²) < 4.78 is 11.3. The summed E-state index contributed by atoms with van der Waals surface area (Å²) in [7, 11) is 0. The fourth-order valence-electron chi connectivity index (χ4n) is 3.51. The van der Waals surface area contributed by atoms with Crippen molar-refractivity contribution >= 4 is 16.9 Å². The third kappa shape index (κ3) is 6.53. The van der Waals surface area contributed by atoms with Gasteiger partial charge in [0.05, 0.1) is 12.7 Å². The lowest BCUT2D eigenvalue weighted by atomic mass is 10.1. The Hall–Kier alpha value is -2.05. The van der Waals surface area contributed by atoms with Gasteiger partial charge in [-0.15, -0.1) is 0 Å². The Labute approximate surface area is 168 Å². The summed E-state index contributed by atoms with van der Waals surface area (Å²) in [6.07, 6.45) is 7.75. The summed E-state index contributed by atoms with van der Waals surface area (Å²) in [5, 5.41) is 8.03. The Bertz CT molecular complexity index is 722. The first-order chi connectivity index (χ1) is 13.9. The van der Waals surface area contributed by atoms with Crippen molar-refractivity contribution < 1.29 is 9.47 Å². The van der Waals surface area contributed by atoms with Crippen LogP contribution in [-0.2, 0) is 15.9 Å². The first-order valence-electron chi connectivity index (χ1n) is 10.6. The highest BCUT2D eigenvalue weighted by Gasteiger charge is 2.14. The first-order valence-corrected chi connectivity index (χ1v) is 10.6. The van der Waals surface area contributed by atoms with Gasteiger partial charge in [0.2, 0.25) is 0 Å². The number of aromatic amines is 1. The van der Waals surface area contributed by atoms with Crippen LogP contribution in [0.2, 0.25) is 0 Å². The molecule has 2 heterocycles. The molecule has 0 aliphatic carbocycles. The normalized spacial score (nSPS) is 17.3. The summed E-state index contributed by atoms with van der Waals surface area (Å²) in [6.45, 7) is 7.00. The largest absolute Gasteiger partial charge is 0.379 e. The quantitative estimate of drug-likeness (QED) is 0.315. The van der Waals surface area contributed by atoms with Crippen molar-refractivity contribution in [1.82, 2.24) is 15.6 Å². The van der Waals surface area contributed by atoms with Crippen LogP contribution in [0.4, 0.5) is 0 Å². The van der Waals surface area contributed by atoms with Gasteiger partial charge in [-0.3, -0.25) is 4.99 Å². The fourth-order valence-corrected chi connectivity index (χ4v) is 3.51. The molecule has 6 heteroatoms. The van der Waals surface area contributed by atoms with E-state index in [4.69, 9.17) is 14.5 Å². The number of fused-ring (bicyclic) bond motifs is 1. The van der Waals surface area contributed by atoms with E-state index in [-0.39, 0.29) is 0 Å². The first kappa shape index (κ1) is 20.7. The van der Waals surface area contributed by atoms with E-state index in [1.807, 2.05) is 0 Å². The number of rotatable bonds is 11. The maximum Gasteiger partial charge on any atom is 0.191 e. The lowest BCUT2D eigenvalue weighted by Gasteiger charge is -2.12. The van der Waals surface area contributed by atoms with Crippen molar-refractivity contribution in [3.63, 3.8) is 0 Å². The summed E-state index contributed by atoms with van der Waals surface area (Å²) in [4.78, 5) is 8.04. The molecule has 2 aromatic rings. The minimum Gasteiger partial charge on any atom is -0.379 e. The van der Waals surface area contributed by atoms with Crippen LogP contribution in [0.5, 0.6) is 0 Å². The Balaban J connectivity index is 1.31. The van der Waals surface area contributed by atoms with Gasteiger partial charge in [-0.2, -0.15) is 0 Å². The minimum absolute atomic E-state index is 0.309. The number of nitrogens with one attached hydrogen (secondary N) is 3. The van der Waals surface area contributed by atoms with Gasteiger partial charge in [0.15, 0.2) is 5.96 Å². The number of ether oxygens (including phenoxy) is 2. The number of para-hydroxylation sites is 1. The van der Waals surface area contributed by atoms with Crippen LogP contribution in [0.3, 0.4) is 0 Å². The smallest absolute Gasteiger partial charge is 0.191 e. The zero-order valence-electron chi connectivity index (χ0n) is 17.0. The zero-order valence-corrected chi connectivity index (χ0v) is 17.0. The molecular formula is C22H34N4O2. The van der Waals surface area contributed by atoms with Gasteiger partial charge in [-0.25, -0.2) is 0 Å².